The van der Waals surface area contributed by atoms with Gasteiger partial charge in [-0.15, -0.1) is 0 Å². The van der Waals surface area contributed by atoms with Gasteiger partial charge in [0.2, 0.25) is 0 Å². The van der Waals surface area contributed by atoms with E-state index in [0.717, 1.165) is 11.5 Å². The van der Waals surface area contributed by atoms with Crippen molar-refractivity contribution in [1.29, 1.82) is 0 Å². The number of thioether (sulfide) groups is 1. The lowest BCUT2D eigenvalue weighted by molar-refractivity contribution is -0.136. The van der Waals surface area contributed by atoms with Crippen LogP contribution in [0.2, 0.25) is 0 Å². The molecule has 0 aliphatic heterocycles. The topological polar surface area (TPSA) is 37.3 Å². The van der Waals surface area contributed by atoms with E-state index in [1.54, 1.807) is 11.8 Å². The summed E-state index contributed by atoms with van der Waals surface area (Å²) in [5, 5.41) is 8.44. The molecule has 0 radical (unpaired) electrons. The molecule has 0 bridgehead atoms. The molecule has 0 aliphatic carbocycles. The summed E-state index contributed by atoms with van der Waals surface area (Å²) >= 11 is 1.75. The third-order valence-electron chi connectivity index (χ3n) is 2.31. The summed E-state index contributed by atoms with van der Waals surface area (Å²) in [4.78, 5) is 10.2. The van der Waals surface area contributed by atoms with Gasteiger partial charge in [-0.25, -0.2) is 0 Å². The highest BCUT2D eigenvalue weighted by Crippen LogP contribution is 2.28. The molecule has 84 valence electrons. The van der Waals surface area contributed by atoms with Crippen LogP contribution in [0, 0.1) is 5.41 Å². The molecule has 2 nitrogen and oxygen atoms in total. The molecule has 0 aromatic heterocycles. The van der Waals surface area contributed by atoms with Gasteiger partial charge in [-0.3, -0.25) is 4.79 Å². The summed E-state index contributed by atoms with van der Waals surface area (Å²) in [5.74, 6) is 1.14. The van der Waals surface area contributed by atoms with Gasteiger partial charge >= 0.3 is 5.97 Å². The normalized spacial score (nSPS) is 11.6. The minimum absolute atomic E-state index is 0.291. The number of hydrogen-bond acceptors (Lipinski definition) is 2. The lowest BCUT2D eigenvalue weighted by Crippen LogP contribution is -2.12. The zero-order chi connectivity index (χ0) is 11.0. The van der Waals surface area contributed by atoms with E-state index in [0.29, 0.717) is 11.8 Å². The number of carbonyl (C=O) groups is 1. The predicted molar refractivity (Wildman–Crippen MR) is 62.9 cm³/mol. The van der Waals surface area contributed by atoms with Crippen LogP contribution in [0.25, 0.3) is 0 Å². The van der Waals surface area contributed by atoms with Crippen molar-refractivity contribution in [3.63, 3.8) is 0 Å². The summed E-state index contributed by atoms with van der Waals surface area (Å²) < 4.78 is 0. The van der Waals surface area contributed by atoms with Crippen LogP contribution in [0.3, 0.4) is 0 Å². The first kappa shape index (κ1) is 13.8. The van der Waals surface area contributed by atoms with Crippen molar-refractivity contribution in [3.8, 4) is 0 Å². The van der Waals surface area contributed by atoms with Gasteiger partial charge in [0.25, 0.3) is 0 Å². The minimum atomic E-state index is -0.690. The van der Waals surface area contributed by atoms with Crippen molar-refractivity contribution in [2.45, 2.75) is 46.5 Å². The molecule has 14 heavy (non-hydrogen) atoms. The lowest BCUT2D eigenvalue weighted by Gasteiger charge is -2.23. The van der Waals surface area contributed by atoms with Crippen molar-refractivity contribution in [3.05, 3.63) is 0 Å². The molecular weight excluding hydrogens is 196 g/mol. The van der Waals surface area contributed by atoms with Crippen LogP contribution in [0.1, 0.15) is 46.5 Å². The van der Waals surface area contributed by atoms with Gasteiger partial charge in [-0.1, -0.05) is 27.2 Å². The fraction of sp³-hybridized carbons (Fsp3) is 0.909. The van der Waals surface area contributed by atoms with Gasteiger partial charge in [0.15, 0.2) is 0 Å². The van der Waals surface area contributed by atoms with E-state index in [4.69, 9.17) is 5.11 Å². The second-order valence-corrected chi connectivity index (χ2v) is 5.65. The number of carboxylic acids is 1. The van der Waals surface area contributed by atoms with E-state index < -0.39 is 5.97 Å². The van der Waals surface area contributed by atoms with Crippen molar-refractivity contribution >= 4 is 17.7 Å². The summed E-state index contributed by atoms with van der Waals surface area (Å²) in [6, 6.07) is 0. The van der Waals surface area contributed by atoms with Crippen molar-refractivity contribution in [2.75, 3.05) is 11.5 Å². The Morgan fingerprint density at radius 1 is 1.29 bits per heavy atom. The molecule has 0 aliphatic rings. The molecule has 0 saturated carbocycles. The lowest BCUT2D eigenvalue weighted by atomic mass is 9.85. The Kier molecular flexibility index (Phi) is 7.06. The Bertz CT molecular complexity index is 167. The Balaban J connectivity index is 3.39. The number of aliphatic carboxylic acids is 1. The molecule has 0 amide bonds. The Morgan fingerprint density at radius 3 is 2.43 bits per heavy atom. The van der Waals surface area contributed by atoms with Crippen LogP contribution in [0.4, 0.5) is 0 Å². The average molecular weight is 218 g/mol. The second-order valence-electron chi connectivity index (χ2n) is 4.42. The summed E-state index contributed by atoms with van der Waals surface area (Å²) in [5.41, 5.74) is 0.422. The summed E-state index contributed by atoms with van der Waals surface area (Å²) in [6.45, 7) is 6.78. The molecule has 0 atom stereocenters. The molecule has 0 aromatic carbocycles. The van der Waals surface area contributed by atoms with Gasteiger partial charge < -0.3 is 5.11 Å². The van der Waals surface area contributed by atoms with Gasteiger partial charge in [0.05, 0.1) is 6.42 Å². The van der Waals surface area contributed by atoms with Gasteiger partial charge in [0, 0.05) is 5.75 Å². The van der Waals surface area contributed by atoms with E-state index >= 15 is 0 Å². The van der Waals surface area contributed by atoms with Crippen LogP contribution in [0.5, 0.6) is 0 Å². The molecular formula is C11H22O2S. The quantitative estimate of drug-likeness (QED) is 0.634. The van der Waals surface area contributed by atoms with Crippen molar-refractivity contribution < 1.29 is 9.90 Å². The largest absolute Gasteiger partial charge is 0.481 e. The smallest absolute Gasteiger partial charge is 0.304 e. The highest BCUT2D eigenvalue weighted by atomic mass is 32.2. The molecule has 1 N–H and O–H groups in total. The van der Waals surface area contributed by atoms with Crippen LogP contribution in [-0.4, -0.2) is 22.6 Å². The van der Waals surface area contributed by atoms with E-state index in [1.165, 1.54) is 19.3 Å². The fourth-order valence-corrected chi connectivity index (χ4v) is 2.63. The molecule has 0 rings (SSSR count). The van der Waals surface area contributed by atoms with E-state index in [-0.39, 0.29) is 0 Å². The number of rotatable bonds is 8. The first-order chi connectivity index (χ1) is 6.48. The fourth-order valence-electron chi connectivity index (χ4n) is 1.41. The molecule has 0 fully saturated rings. The summed E-state index contributed by atoms with van der Waals surface area (Å²) in [7, 11) is 0. The average Bonchev–Trinajstić information content (AvgIpc) is 2.02. The standard InChI is InChI=1S/C11H22O2S/c1-4-6-11(2,3)7-9-14-8-5-10(12)13/h4-9H2,1-3H3,(H,12,13). The van der Waals surface area contributed by atoms with Crippen LogP contribution in [-0.2, 0) is 4.79 Å². The van der Waals surface area contributed by atoms with Crippen molar-refractivity contribution in [2.24, 2.45) is 5.41 Å². The van der Waals surface area contributed by atoms with Crippen molar-refractivity contribution in [1.82, 2.24) is 0 Å². The maximum atomic E-state index is 10.2. The SMILES string of the molecule is CCCC(C)(C)CCSCCC(=O)O. The molecule has 0 spiro atoms. The highest BCUT2D eigenvalue weighted by Gasteiger charge is 2.15. The zero-order valence-corrected chi connectivity index (χ0v) is 10.3. The zero-order valence-electron chi connectivity index (χ0n) is 9.51. The summed E-state index contributed by atoms with van der Waals surface area (Å²) in [6.07, 6.45) is 3.96. The second kappa shape index (κ2) is 7.16. The molecule has 3 heteroatoms. The number of hydrogen-bond donors (Lipinski definition) is 1. The monoisotopic (exact) mass is 218 g/mol. The first-order valence-electron chi connectivity index (χ1n) is 5.27. The van der Waals surface area contributed by atoms with Crippen LogP contribution < -0.4 is 0 Å². The Hall–Kier alpha value is -0.180. The van der Waals surface area contributed by atoms with E-state index in [2.05, 4.69) is 20.8 Å². The maximum absolute atomic E-state index is 10.2. The minimum Gasteiger partial charge on any atom is -0.481 e. The molecule has 0 aromatic rings. The molecule has 0 saturated heterocycles. The maximum Gasteiger partial charge on any atom is 0.304 e. The van der Waals surface area contributed by atoms with Gasteiger partial charge in [-0.2, -0.15) is 11.8 Å². The van der Waals surface area contributed by atoms with Gasteiger partial charge in [-0.05, 0) is 24.0 Å². The predicted octanol–water partition coefficient (Wildman–Crippen LogP) is 3.41. The van der Waals surface area contributed by atoms with Gasteiger partial charge in [0.1, 0.15) is 0 Å². The van der Waals surface area contributed by atoms with E-state index in [1.807, 2.05) is 0 Å². The highest BCUT2D eigenvalue weighted by molar-refractivity contribution is 7.99. The molecule has 0 heterocycles. The Labute approximate surface area is 91.5 Å². The van der Waals surface area contributed by atoms with E-state index in [9.17, 15) is 4.79 Å². The van der Waals surface area contributed by atoms with Crippen LogP contribution in [0.15, 0.2) is 0 Å². The molecule has 0 unspecified atom stereocenters. The Morgan fingerprint density at radius 2 is 1.93 bits per heavy atom. The number of carboxylic acid groups (broad SMARTS) is 1. The third-order valence-corrected chi connectivity index (χ3v) is 3.30. The van der Waals surface area contributed by atoms with Crippen LogP contribution >= 0.6 is 11.8 Å². The third kappa shape index (κ3) is 8.42. The first-order valence-corrected chi connectivity index (χ1v) is 6.43.